The second-order valence-electron chi connectivity index (χ2n) is 7.41. The third-order valence-corrected chi connectivity index (χ3v) is 5.57. The average molecular weight is 426 g/mol. The number of nitrogens with zero attached hydrogens (tertiary/aromatic N) is 5. The van der Waals surface area contributed by atoms with E-state index in [0.29, 0.717) is 35.3 Å². The number of carbonyl (C=O) groups is 2. The van der Waals surface area contributed by atoms with Crippen molar-refractivity contribution >= 4 is 28.9 Å². The number of nitrogens with two attached hydrogens (primary N) is 1. The highest BCUT2D eigenvalue weighted by atomic mass is 16.5. The summed E-state index contributed by atoms with van der Waals surface area (Å²) in [7, 11) is 1.65. The molecule has 0 radical (unpaired) electrons. The highest BCUT2D eigenvalue weighted by molar-refractivity contribution is 5.94. The molecule has 1 aromatic carbocycles. The van der Waals surface area contributed by atoms with Crippen molar-refractivity contribution in [1.82, 2.24) is 24.4 Å². The summed E-state index contributed by atoms with van der Waals surface area (Å²) in [6.45, 7) is -0.456. The summed E-state index contributed by atoms with van der Waals surface area (Å²) in [5.74, 6) is -0.701. The summed E-state index contributed by atoms with van der Waals surface area (Å²) in [4.78, 5) is 37.5. The smallest absolute Gasteiger partial charge is 0.341 e. The Morgan fingerprint density at radius 2 is 1.97 bits per heavy atom. The van der Waals surface area contributed by atoms with E-state index >= 15 is 0 Å². The van der Waals surface area contributed by atoms with Gasteiger partial charge in [0.1, 0.15) is 17.6 Å². The maximum atomic E-state index is 12.9. The van der Waals surface area contributed by atoms with Crippen LogP contribution in [0, 0.1) is 0 Å². The SMILES string of the molecule is CN(C(=O)c1ccc(OCC(=O)O)cc1)[C@H]1CC[C@H](n2cnc3c(N)ncnc32)[C@H]1O. The first kappa shape index (κ1) is 20.5. The second kappa shape index (κ2) is 8.19. The van der Waals surface area contributed by atoms with Crippen molar-refractivity contribution in [2.24, 2.45) is 0 Å². The minimum atomic E-state index is -1.08. The lowest BCUT2D eigenvalue weighted by Gasteiger charge is -2.29. The van der Waals surface area contributed by atoms with Gasteiger partial charge in [-0.1, -0.05) is 0 Å². The molecule has 0 unspecified atom stereocenters. The Hall–Kier alpha value is -3.73. The summed E-state index contributed by atoms with van der Waals surface area (Å²) in [5, 5.41) is 19.7. The zero-order valence-corrected chi connectivity index (χ0v) is 16.8. The summed E-state index contributed by atoms with van der Waals surface area (Å²) >= 11 is 0. The Bertz CT molecular complexity index is 1110. The number of amides is 1. The van der Waals surface area contributed by atoms with Crippen molar-refractivity contribution in [3.63, 3.8) is 0 Å². The number of nitrogen functional groups attached to an aromatic ring is 1. The number of rotatable bonds is 6. The molecule has 162 valence electrons. The topological polar surface area (TPSA) is 157 Å². The molecule has 11 nitrogen and oxygen atoms in total. The number of hydrogen-bond acceptors (Lipinski definition) is 8. The van der Waals surface area contributed by atoms with Crippen LogP contribution in [0.25, 0.3) is 11.2 Å². The Kier molecular flexibility index (Phi) is 5.42. The number of ether oxygens (including phenoxy) is 1. The van der Waals surface area contributed by atoms with Crippen molar-refractivity contribution in [3.8, 4) is 5.75 Å². The number of anilines is 1. The molecule has 1 saturated carbocycles. The summed E-state index contributed by atoms with van der Waals surface area (Å²) < 4.78 is 6.87. The van der Waals surface area contributed by atoms with E-state index in [9.17, 15) is 14.7 Å². The van der Waals surface area contributed by atoms with Gasteiger partial charge in [0, 0.05) is 12.6 Å². The number of carbonyl (C=O) groups excluding carboxylic acids is 1. The molecule has 0 spiro atoms. The molecule has 1 amide bonds. The first-order chi connectivity index (χ1) is 14.9. The van der Waals surface area contributed by atoms with Crippen LogP contribution in [0.5, 0.6) is 5.75 Å². The fourth-order valence-corrected chi connectivity index (χ4v) is 3.97. The van der Waals surface area contributed by atoms with Gasteiger partial charge in [-0.15, -0.1) is 0 Å². The zero-order valence-electron chi connectivity index (χ0n) is 16.8. The third kappa shape index (κ3) is 3.87. The van der Waals surface area contributed by atoms with Crippen LogP contribution in [0.1, 0.15) is 29.2 Å². The molecular formula is C20H22N6O5. The van der Waals surface area contributed by atoms with E-state index in [2.05, 4.69) is 15.0 Å². The number of aliphatic carboxylic acids is 1. The molecule has 31 heavy (non-hydrogen) atoms. The highest BCUT2D eigenvalue weighted by Crippen LogP contribution is 2.35. The van der Waals surface area contributed by atoms with Crippen LogP contribution in [-0.2, 0) is 4.79 Å². The standard InChI is InChI=1S/C20H22N6O5/c1-25(20(30)11-2-4-12(5-3-11)31-8-15(27)28)13-6-7-14(17(13)29)26-10-24-16-18(21)22-9-23-19(16)26/h2-5,9-10,13-14,17,29H,6-8H2,1H3,(H,27,28)(H2,21,22,23)/t13-,14-,17-/m0/s1. The first-order valence-electron chi connectivity index (χ1n) is 9.69. The van der Waals surface area contributed by atoms with E-state index in [-0.39, 0.29) is 17.8 Å². The van der Waals surface area contributed by atoms with E-state index in [1.54, 1.807) is 42.2 Å². The van der Waals surface area contributed by atoms with E-state index in [4.69, 9.17) is 15.6 Å². The van der Waals surface area contributed by atoms with Crippen molar-refractivity contribution in [2.75, 3.05) is 19.4 Å². The normalized spacial score (nSPS) is 20.6. The molecule has 1 aliphatic rings. The van der Waals surface area contributed by atoms with Crippen LogP contribution in [0.2, 0.25) is 0 Å². The summed E-state index contributed by atoms with van der Waals surface area (Å²) in [6, 6.07) is 5.53. The van der Waals surface area contributed by atoms with Crippen molar-refractivity contribution < 1.29 is 24.5 Å². The van der Waals surface area contributed by atoms with Gasteiger partial charge in [-0.05, 0) is 37.1 Å². The van der Waals surface area contributed by atoms with Crippen LogP contribution in [0.3, 0.4) is 0 Å². The quantitative estimate of drug-likeness (QED) is 0.516. The number of imidazole rings is 1. The lowest BCUT2D eigenvalue weighted by atomic mass is 10.1. The number of fused-ring (bicyclic) bond motifs is 1. The molecular weight excluding hydrogens is 404 g/mol. The molecule has 0 bridgehead atoms. The Balaban J connectivity index is 1.48. The predicted molar refractivity (Wildman–Crippen MR) is 109 cm³/mol. The van der Waals surface area contributed by atoms with Gasteiger partial charge in [0.15, 0.2) is 18.1 Å². The first-order valence-corrected chi connectivity index (χ1v) is 9.69. The molecule has 1 fully saturated rings. The summed E-state index contributed by atoms with van der Waals surface area (Å²) in [5.41, 5.74) is 7.28. The van der Waals surface area contributed by atoms with Crippen LogP contribution >= 0.6 is 0 Å². The van der Waals surface area contributed by atoms with Crippen LogP contribution in [0.15, 0.2) is 36.9 Å². The minimum Gasteiger partial charge on any atom is -0.482 e. The monoisotopic (exact) mass is 426 g/mol. The van der Waals surface area contributed by atoms with Crippen molar-refractivity contribution in [1.29, 1.82) is 0 Å². The molecule has 2 aromatic heterocycles. The van der Waals surface area contributed by atoms with Crippen molar-refractivity contribution in [2.45, 2.75) is 31.0 Å². The lowest BCUT2D eigenvalue weighted by molar-refractivity contribution is -0.139. The molecule has 1 aliphatic carbocycles. The number of aromatic nitrogens is 4. The number of hydrogen-bond donors (Lipinski definition) is 3. The summed E-state index contributed by atoms with van der Waals surface area (Å²) in [6.07, 6.45) is 3.37. The fraction of sp³-hybridized carbons (Fsp3) is 0.350. The van der Waals surface area contributed by atoms with Gasteiger partial charge in [-0.2, -0.15) is 0 Å². The number of carboxylic acids is 1. The van der Waals surface area contributed by atoms with Crippen LogP contribution < -0.4 is 10.5 Å². The van der Waals surface area contributed by atoms with Crippen LogP contribution in [-0.4, -0.2) is 72.3 Å². The predicted octanol–water partition coefficient (Wildman–Crippen LogP) is 0.708. The molecule has 11 heteroatoms. The minimum absolute atomic E-state index is 0.253. The largest absolute Gasteiger partial charge is 0.482 e. The van der Waals surface area contributed by atoms with Gasteiger partial charge in [0.25, 0.3) is 5.91 Å². The highest BCUT2D eigenvalue weighted by Gasteiger charge is 2.40. The van der Waals surface area contributed by atoms with E-state index in [1.807, 2.05) is 0 Å². The van der Waals surface area contributed by atoms with E-state index < -0.39 is 24.7 Å². The number of likely N-dealkylation sites (N-methyl/N-ethyl adjacent to an activating group) is 1. The maximum Gasteiger partial charge on any atom is 0.341 e. The molecule has 2 heterocycles. The van der Waals surface area contributed by atoms with Gasteiger partial charge in [-0.25, -0.2) is 19.7 Å². The molecule has 4 N–H and O–H groups in total. The van der Waals surface area contributed by atoms with Crippen LogP contribution in [0.4, 0.5) is 5.82 Å². The van der Waals surface area contributed by atoms with Gasteiger partial charge >= 0.3 is 5.97 Å². The Morgan fingerprint density at radius 1 is 1.23 bits per heavy atom. The maximum absolute atomic E-state index is 12.9. The molecule has 0 saturated heterocycles. The average Bonchev–Trinajstić information content (AvgIpc) is 3.35. The number of benzene rings is 1. The molecule has 0 aliphatic heterocycles. The van der Waals surface area contributed by atoms with E-state index in [0.717, 1.165) is 0 Å². The Morgan fingerprint density at radius 3 is 2.68 bits per heavy atom. The fourth-order valence-electron chi connectivity index (χ4n) is 3.97. The molecule has 4 rings (SSSR count). The van der Waals surface area contributed by atoms with Crippen molar-refractivity contribution in [3.05, 3.63) is 42.5 Å². The van der Waals surface area contributed by atoms with E-state index in [1.165, 1.54) is 11.2 Å². The lowest BCUT2D eigenvalue weighted by Crippen LogP contribution is -2.43. The zero-order chi connectivity index (χ0) is 22.1. The van der Waals surface area contributed by atoms with Gasteiger partial charge < -0.3 is 30.2 Å². The second-order valence-corrected chi connectivity index (χ2v) is 7.41. The van der Waals surface area contributed by atoms with Gasteiger partial charge in [0.05, 0.1) is 24.5 Å². The molecule has 3 atom stereocenters. The number of aliphatic hydroxyl groups excluding tert-OH is 1. The molecule has 3 aromatic rings. The Labute approximate surface area is 177 Å². The number of carboxylic acid groups (broad SMARTS) is 1. The number of aliphatic hydroxyl groups is 1. The van der Waals surface area contributed by atoms with Gasteiger partial charge in [0.2, 0.25) is 0 Å². The third-order valence-electron chi connectivity index (χ3n) is 5.57. The van der Waals surface area contributed by atoms with Gasteiger partial charge in [-0.3, -0.25) is 4.79 Å².